The van der Waals surface area contributed by atoms with Crippen LogP contribution in [-0.2, 0) is 0 Å². The van der Waals surface area contributed by atoms with Crippen LogP contribution in [0.3, 0.4) is 0 Å². The second-order valence-corrected chi connectivity index (χ2v) is 40.1. The van der Waals surface area contributed by atoms with Gasteiger partial charge in [0, 0.05) is 123 Å². The first-order chi connectivity index (χ1) is 72.9. The highest BCUT2D eigenvalue weighted by atomic mass is 32.1. The minimum atomic E-state index is 0.599. The van der Waals surface area contributed by atoms with Gasteiger partial charge in [0.15, 0.2) is 16.7 Å². The molecule has 15 heteroatoms. The number of anilines is 9. The van der Waals surface area contributed by atoms with Gasteiger partial charge in [-0.05, 0) is 180 Å². The van der Waals surface area contributed by atoms with E-state index in [4.69, 9.17) is 43.2 Å². The monoisotopic (exact) mass is 1910 g/mol. The molecule has 0 spiro atoms. The van der Waals surface area contributed by atoms with Gasteiger partial charge in [0.05, 0.1) is 45.2 Å². The average Bonchev–Trinajstić information content (AvgIpc) is 0.897. The Kier molecular flexibility index (Phi) is 17.5. The minimum absolute atomic E-state index is 0.599. The zero-order chi connectivity index (χ0) is 95.9. The van der Waals surface area contributed by atoms with Crippen molar-refractivity contribution in [1.29, 1.82) is 0 Å². The molecule has 0 amide bonds. The van der Waals surface area contributed by atoms with Gasteiger partial charge in [-0.3, -0.25) is 14.7 Å². The molecule has 9 aromatic heterocycles. The summed E-state index contributed by atoms with van der Waals surface area (Å²) >= 11 is 3.61. The van der Waals surface area contributed by atoms with Gasteiger partial charge in [0.2, 0.25) is 17.8 Å². The zero-order valence-corrected chi connectivity index (χ0v) is 79.9. The van der Waals surface area contributed by atoms with E-state index in [1.165, 1.54) is 138 Å². The summed E-state index contributed by atoms with van der Waals surface area (Å²) in [4.78, 5) is 39.4. The second kappa shape index (κ2) is 31.6. The normalized spacial score (nSPS) is 12.6. The molecule has 0 bridgehead atoms. The van der Waals surface area contributed by atoms with Gasteiger partial charge in [-0.25, -0.2) is 29.9 Å². The van der Waals surface area contributed by atoms with Crippen molar-refractivity contribution in [3.05, 3.63) is 449 Å². The number of benzene rings is 22. The summed E-state index contributed by atoms with van der Waals surface area (Å²) in [5.41, 5.74) is 29.2. The summed E-state index contributed by atoms with van der Waals surface area (Å²) in [7, 11) is 0. The second-order valence-electron chi connectivity index (χ2n) is 38.0. The topological polar surface area (TPSA) is 131 Å². The molecule has 13 nitrogen and oxygen atoms in total. The van der Waals surface area contributed by atoms with Crippen LogP contribution in [-0.4, -0.2) is 34.5 Å². The lowest BCUT2D eigenvalue weighted by molar-refractivity contribution is 0.667. The summed E-state index contributed by atoms with van der Waals surface area (Å²) in [5.74, 6) is 1.84. The molecule has 31 aromatic rings. The third-order valence-corrected chi connectivity index (χ3v) is 32.5. The van der Waals surface area contributed by atoms with E-state index in [0.717, 1.165) is 145 Å². The molecular formula is C132H74N10O3S2. The lowest BCUT2D eigenvalue weighted by atomic mass is 9.88. The number of rotatable bonds is 7. The van der Waals surface area contributed by atoms with Crippen LogP contribution in [0.15, 0.2) is 462 Å². The van der Waals surface area contributed by atoms with E-state index in [2.05, 4.69) is 414 Å². The van der Waals surface area contributed by atoms with Crippen LogP contribution in [0.1, 0.15) is 0 Å². The molecule has 147 heavy (non-hydrogen) atoms. The van der Waals surface area contributed by atoms with Crippen LogP contribution in [0.2, 0.25) is 0 Å². The average molecular weight is 1910 g/mol. The van der Waals surface area contributed by atoms with E-state index < -0.39 is 0 Å². The Labute approximate surface area is 845 Å². The van der Waals surface area contributed by atoms with Crippen LogP contribution < -0.4 is 14.7 Å². The molecule has 0 unspecified atom stereocenters. The van der Waals surface area contributed by atoms with E-state index in [9.17, 15) is 0 Å². The number of aromatic nitrogens is 7. The predicted molar refractivity (Wildman–Crippen MR) is 610 cm³/mol. The van der Waals surface area contributed by atoms with Crippen molar-refractivity contribution < 1.29 is 13.3 Å². The number of furan rings is 3. The summed E-state index contributed by atoms with van der Waals surface area (Å²) < 4.78 is 27.2. The molecule has 0 atom stereocenters. The molecule has 22 aromatic carbocycles. The Balaban J connectivity index is 0.0000000982. The molecule has 3 aliphatic rings. The predicted octanol–water partition coefficient (Wildman–Crippen LogP) is 37.2. The fourth-order valence-electron chi connectivity index (χ4n) is 23.8. The Hall–Kier alpha value is -19.3. The van der Waals surface area contributed by atoms with Crippen LogP contribution in [0, 0.1) is 0 Å². The maximum absolute atomic E-state index is 6.72. The molecule has 0 radical (unpaired) electrons. The number of hydrogen-bond acceptors (Lipinski definition) is 14. The molecule has 0 saturated heterocycles. The molecule has 0 N–H and O–H groups in total. The standard InChI is InChI=1S/C48H28N4O.2C42H23N3OS/c1-2-16-31(17-3-1)51-37-23-8-6-19-33(37)44-36(22-12-25-39(44)51)46-47-45(34-20-7-9-26-41(34)53-47)49-48(50-46)52-38-24-11-15-30-14-10-21-35(42(30)38)43-32-18-5-4-13-29(32)27-28-40(43)52;1-2-13-26-24(10-1)22-23-33-37(26)30-17-7-11-25-12-8-19-32(36(25)30)45(33)42-43-38-29-15-3-5-20-34(29)46-40(38)39(44-42)31-18-9-16-28-27-14-4-6-21-35(27)47-41(28)31;1-2-12-27-24(9-1)20-22-33-38(27)31-15-7-10-25-11-8-16-32(37(25)31)45(33)42-43-39(41-40(44-42)30-14-3-5-17-34(30)46-41)26-19-21-29-28-13-4-6-18-35(28)47-36(29)23-26/h1-28H;2*1-23H. The van der Waals surface area contributed by atoms with Crippen molar-refractivity contribution in [3.63, 3.8) is 0 Å². The fraction of sp³-hybridized carbons (Fsp3) is 0. The van der Waals surface area contributed by atoms with Crippen molar-refractivity contribution in [2.45, 2.75) is 0 Å². The third kappa shape index (κ3) is 12.1. The quantitative estimate of drug-likeness (QED) is 0.150. The lowest BCUT2D eigenvalue weighted by Gasteiger charge is -2.32. The molecule has 3 aliphatic heterocycles. The Morgan fingerprint density at radius 3 is 1.05 bits per heavy atom. The van der Waals surface area contributed by atoms with E-state index in [0.29, 0.717) is 34.6 Å². The number of nitrogens with zero attached hydrogens (tertiary/aromatic N) is 10. The summed E-state index contributed by atoms with van der Waals surface area (Å²) in [5, 5.41) is 24.6. The molecule has 0 fully saturated rings. The molecule has 0 aliphatic carbocycles. The van der Waals surface area contributed by atoms with E-state index in [1.807, 2.05) is 65.9 Å². The summed E-state index contributed by atoms with van der Waals surface area (Å²) in [6.07, 6.45) is 0. The first kappa shape index (κ1) is 81.4. The number of para-hydroxylation sites is 5. The Bertz CT molecular complexity index is 11100. The van der Waals surface area contributed by atoms with Crippen LogP contribution in [0.5, 0.6) is 0 Å². The Morgan fingerprint density at radius 2 is 0.551 bits per heavy atom. The van der Waals surface area contributed by atoms with Crippen molar-refractivity contribution in [1.82, 2.24) is 34.5 Å². The highest BCUT2D eigenvalue weighted by Gasteiger charge is 2.37. The molecular weight excluding hydrogens is 1840 g/mol. The lowest BCUT2D eigenvalue weighted by Crippen LogP contribution is -2.18. The van der Waals surface area contributed by atoms with Crippen LogP contribution in [0.4, 0.5) is 52.0 Å². The highest BCUT2D eigenvalue weighted by Crippen LogP contribution is 2.59. The number of fused-ring (bicyclic) bond motifs is 30. The van der Waals surface area contributed by atoms with Crippen molar-refractivity contribution in [2.24, 2.45) is 0 Å². The van der Waals surface area contributed by atoms with Gasteiger partial charge in [-0.15, -0.1) is 22.7 Å². The number of hydrogen-bond donors (Lipinski definition) is 0. The SMILES string of the molecule is c1ccc(-n2c3ccccc3c3c(-c4nc(N5c6ccc7ccccc7c6-c6cccc7cccc5c67)nc5c4oc4ccccc45)cccc32)cc1.c1ccc2c3c(ccc2c1)N(c1nc(-c2ccc4c(c2)sc2ccccc24)c2oc4ccccc4c2n1)c1cccc2cccc-3c12.c1ccc2c3c(ccc2c1)N(c1nc(-c2cccc4c2sc2ccccc24)c2oc4ccccc4c2n1)c1cccc2cccc-3c12. The molecule has 0 saturated carbocycles. The van der Waals surface area contributed by atoms with Crippen LogP contribution >= 0.6 is 22.7 Å². The van der Waals surface area contributed by atoms with Gasteiger partial charge in [-0.2, -0.15) is 0 Å². The van der Waals surface area contributed by atoms with Gasteiger partial charge < -0.3 is 17.8 Å². The molecule has 34 rings (SSSR count). The largest absolute Gasteiger partial charge is 0.452 e. The van der Waals surface area contributed by atoms with Crippen molar-refractivity contribution in [3.8, 4) is 72.8 Å². The minimum Gasteiger partial charge on any atom is -0.452 e. The highest BCUT2D eigenvalue weighted by molar-refractivity contribution is 7.26. The maximum Gasteiger partial charge on any atom is 0.236 e. The Morgan fingerprint density at radius 1 is 0.204 bits per heavy atom. The van der Waals surface area contributed by atoms with E-state index >= 15 is 0 Å². The van der Waals surface area contributed by atoms with Crippen molar-refractivity contribution in [2.75, 3.05) is 14.7 Å². The molecule has 12 heterocycles. The third-order valence-electron chi connectivity index (χ3n) is 30.1. The van der Waals surface area contributed by atoms with Crippen LogP contribution in [0.25, 0.3) is 266 Å². The zero-order valence-electron chi connectivity index (χ0n) is 78.2. The van der Waals surface area contributed by atoms with Gasteiger partial charge >= 0.3 is 0 Å². The summed E-state index contributed by atoms with van der Waals surface area (Å²) in [6.45, 7) is 0. The van der Waals surface area contributed by atoms with Gasteiger partial charge in [0.1, 0.15) is 50.4 Å². The van der Waals surface area contributed by atoms with Gasteiger partial charge in [0.25, 0.3) is 0 Å². The van der Waals surface area contributed by atoms with E-state index in [-0.39, 0.29) is 0 Å². The van der Waals surface area contributed by atoms with Gasteiger partial charge in [-0.1, -0.05) is 334 Å². The molecule has 682 valence electrons. The number of thiophene rings is 2. The summed E-state index contributed by atoms with van der Waals surface area (Å²) in [6, 6.07) is 159. The fourth-order valence-corrected chi connectivity index (χ4v) is 26.2. The first-order valence-corrected chi connectivity index (χ1v) is 51.1. The smallest absolute Gasteiger partial charge is 0.236 e. The first-order valence-electron chi connectivity index (χ1n) is 49.4. The maximum atomic E-state index is 6.72. The van der Waals surface area contributed by atoms with Crippen molar-refractivity contribution >= 4 is 268 Å². The van der Waals surface area contributed by atoms with E-state index in [1.54, 1.807) is 11.3 Å².